The Kier molecular flexibility index (Phi) is 4.69. The third-order valence-electron chi connectivity index (χ3n) is 3.53. The molecule has 4 heteroatoms. The van der Waals surface area contributed by atoms with E-state index in [0.717, 1.165) is 32.8 Å². The van der Waals surface area contributed by atoms with E-state index in [2.05, 4.69) is 11.8 Å². The molecule has 1 saturated heterocycles. The molecule has 1 fully saturated rings. The van der Waals surface area contributed by atoms with E-state index in [9.17, 15) is 4.39 Å². The van der Waals surface area contributed by atoms with Crippen LogP contribution in [0.15, 0.2) is 24.3 Å². The first-order valence-corrected chi connectivity index (χ1v) is 6.48. The summed E-state index contributed by atoms with van der Waals surface area (Å²) in [6, 6.07) is 6.51. The molecule has 2 unspecified atom stereocenters. The van der Waals surface area contributed by atoms with Gasteiger partial charge in [0.25, 0.3) is 0 Å². The van der Waals surface area contributed by atoms with Crippen molar-refractivity contribution in [2.24, 2.45) is 11.7 Å². The number of nitrogens with zero attached hydrogens (tertiary/aromatic N) is 1. The molecular formula is C14H21FN2O. The van der Waals surface area contributed by atoms with E-state index in [1.807, 2.05) is 6.07 Å². The molecule has 0 bridgehead atoms. The third-order valence-corrected chi connectivity index (χ3v) is 3.53. The van der Waals surface area contributed by atoms with Gasteiger partial charge in [0, 0.05) is 31.2 Å². The predicted molar refractivity (Wildman–Crippen MR) is 69.8 cm³/mol. The van der Waals surface area contributed by atoms with E-state index >= 15 is 0 Å². The zero-order valence-corrected chi connectivity index (χ0v) is 10.8. The van der Waals surface area contributed by atoms with Crippen LogP contribution in [0.3, 0.4) is 0 Å². The van der Waals surface area contributed by atoms with Gasteiger partial charge in [-0.15, -0.1) is 0 Å². The van der Waals surface area contributed by atoms with Gasteiger partial charge in [-0.05, 0) is 12.0 Å². The summed E-state index contributed by atoms with van der Waals surface area (Å²) >= 11 is 0. The largest absolute Gasteiger partial charge is 0.379 e. The van der Waals surface area contributed by atoms with E-state index in [0.29, 0.717) is 5.56 Å². The Morgan fingerprint density at radius 2 is 2.00 bits per heavy atom. The predicted octanol–water partition coefficient (Wildman–Crippen LogP) is 1.79. The number of nitrogens with two attached hydrogens (primary N) is 1. The second-order valence-electron chi connectivity index (χ2n) is 4.94. The first-order chi connectivity index (χ1) is 8.68. The zero-order chi connectivity index (χ0) is 13.0. The second kappa shape index (κ2) is 6.27. The van der Waals surface area contributed by atoms with Gasteiger partial charge in [-0.3, -0.25) is 4.90 Å². The van der Waals surface area contributed by atoms with Gasteiger partial charge in [-0.2, -0.15) is 0 Å². The summed E-state index contributed by atoms with van der Waals surface area (Å²) in [7, 11) is 0. The van der Waals surface area contributed by atoms with Crippen LogP contribution in [-0.2, 0) is 4.74 Å². The molecule has 0 radical (unpaired) electrons. The van der Waals surface area contributed by atoms with E-state index in [-0.39, 0.29) is 17.8 Å². The Bertz CT molecular complexity index is 380. The fraction of sp³-hybridized carbons (Fsp3) is 0.571. The van der Waals surface area contributed by atoms with Gasteiger partial charge in [-0.1, -0.05) is 25.1 Å². The Labute approximate surface area is 108 Å². The average molecular weight is 252 g/mol. The number of benzene rings is 1. The van der Waals surface area contributed by atoms with Crippen LogP contribution in [0.1, 0.15) is 18.5 Å². The lowest BCUT2D eigenvalue weighted by molar-refractivity contribution is 0.0300. The lowest BCUT2D eigenvalue weighted by atomic mass is 9.94. The SMILES string of the molecule is CC(CN1CCOCC1)C(N)c1ccccc1F. The number of morpholine rings is 1. The zero-order valence-electron chi connectivity index (χ0n) is 10.8. The van der Waals surface area contributed by atoms with E-state index < -0.39 is 0 Å². The highest BCUT2D eigenvalue weighted by Gasteiger charge is 2.21. The number of hydrogen-bond acceptors (Lipinski definition) is 3. The molecule has 2 rings (SSSR count). The minimum atomic E-state index is -0.256. The van der Waals surface area contributed by atoms with Gasteiger partial charge in [0.15, 0.2) is 0 Å². The minimum absolute atomic E-state index is 0.209. The normalized spacial score (nSPS) is 20.6. The first-order valence-electron chi connectivity index (χ1n) is 6.48. The summed E-state index contributed by atoms with van der Waals surface area (Å²) in [5.41, 5.74) is 6.77. The fourth-order valence-corrected chi connectivity index (χ4v) is 2.36. The van der Waals surface area contributed by atoms with Gasteiger partial charge in [0.2, 0.25) is 0 Å². The summed E-state index contributed by atoms with van der Waals surface area (Å²) < 4.78 is 19.0. The van der Waals surface area contributed by atoms with E-state index in [1.54, 1.807) is 12.1 Å². The Hall–Kier alpha value is -0.970. The molecule has 0 aliphatic carbocycles. The number of hydrogen-bond donors (Lipinski definition) is 1. The molecule has 18 heavy (non-hydrogen) atoms. The maximum atomic E-state index is 13.7. The maximum Gasteiger partial charge on any atom is 0.127 e. The molecule has 3 nitrogen and oxygen atoms in total. The van der Waals surface area contributed by atoms with Crippen LogP contribution in [0.5, 0.6) is 0 Å². The van der Waals surface area contributed by atoms with Crippen molar-refractivity contribution in [3.05, 3.63) is 35.6 Å². The summed E-state index contributed by atoms with van der Waals surface area (Å²) in [6.07, 6.45) is 0. The van der Waals surface area contributed by atoms with Gasteiger partial charge in [0.1, 0.15) is 5.82 Å². The molecule has 100 valence electrons. The molecule has 2 N–H and O–H groups in total. The maximum absolute atomic E-state index is 13.7. The second-order valence-corrected chi connectivity index (χ2v) is 4.94. The molecule has 1 heterocycles. The number of rotatable bonds is 4. The van der Waals surface area contributed by atoms with Crippen LogP contribution in [0, 0.1) is 11.7 Å². The number of ether oxygens (including phenoxy) is 1. The highest BCUT2D eigenvalue weighted by atomic mass is 19.1. The minimum Gasteiger partial charge on any atom is -0.379 e. The topological polar surface area (TPSA) is 38.5 Å². The van der Waals surface area contributed by atoms with Crippen LogP contribution < -0.4 is 5.73 Å². The smallest absolute Gasteiger partial charge is 0.127 e. The molecule has 0 amide bonds. The highest BCUT2D eigenvalue weighted by molar-refractivity contribution is 5.21. The molecule has 1 aromatic rings. The first kappa shape index (κ1) is 13.5. The number of halogens is 1. The van der Waals surface area contributed by atoms with Gasteiger partial charge >= 0.3 is 0 Å². The molecule has 0 saturated carbocycles. The molecule has 1 aromatic carbocycles. The van der Waals surface area contributed by atoms with Crippen molar-refractivity contribution in [2.75, 3.05) is 32.8 Å². The summed E-state index contributed by atoms with van der Waals surface area (Å²) in [5, 5.41) is 0. The van der Waals surface area contributed by atoms with Crippen molar-refractivity contribution < 1.29 is 9.13 Å². The van der Waals surface area contributed by atoms with Gasteiger partial charge < -0.3 is 10.5 Å². The van der Waals surface area contributed by atoms with Crippen LogP contribution >= 0.6 is 0 Å². The average Bonchev–Trinajstić information content (AvgIpc) is 2.39. The lowest BCUT2D eigenvalue weighted by Crippen LogP contribution is -2.41. The Morgan fingerprint density at radius 1 is 1.33 bits per heavy atom. The molecule has 0 aromatic heterocycles. The summed E-state index contributed by atoms with van der Waals surface area (Å²) in [6.45, 7) is 6.40. The van der Waals surface area contributed by atoms with Gasteiger partial charge in [-0.25, -0.2) is 4.39 Å². The van der Waals surface area contributed by atoms with Crippen LogP contribution in [0.2, 0.25) is 0 Å². The van der Waals surface area contributed by atoms with Crippen molar-refractivity contribution in [1.82, 2.24) is 4.90 Å². The standard InChI is InChI=1S/C14H21FN2O/c1-11(10-17-6-8-18-9-7-17)14(16)12-4-2-3-5-13(12)15/h2-5,11,14H,6-10,16H2,1H3. The van der Waals surface area contributed by atoms with Crippen molar-refractivity contribution in [1.29, 1.82) is 0 Å². The highest BCUT2D eigenvalue weighted by Crippen LogP contribution is 2.22. The molecule has 0 spiro atoms. The fourth-order valence-electron chi connectivity index (χ4n) is 2.36. The molecule has 1 aliphatic heterocycles. The van der Waals surface area contributed by atoms with Crippen molar-refractivity contribution in [3.63, 3.8) is 0 Å². The Balaban J connectivity index is 1.95. The monoisotopic (exact) mass is 252 g/mol. The quantitative estimate of drug-likeness (QED) is 0.888. The molecular weight excluding hydrogens is 231 g/mol. The van der Waals surface area contributed by atoms with Crippen molar-refractivity contribution >= 4 is 0 Å². The lowest BCUT2D eigenvalue weighted by Gasteiger charge is -2.31. The molecule has 2 atom stereocenters. The van der Waals surface area contributed by atoms with Crippen LogP contribution in [-0.4, -0.2) is 37.7 Å². The van der Waals surface area contributed by atoms with E-state index in [4.69, 9.17) is 10.5 Å². The van der Waals surface area contributed by atoms with Crippen LogP contribution in [0.4, 0.5) is 4.39 Å². The van der Waals surface area contributed by atoms with Crippen molar-refractivity contribution in [2.45, 2.75) is 13.0 Å². The Morgan fingerprint density at radius 3 is 2.67 bits per heavy atom. The van der Waals surface area contributed by atoms with E-state index in [1.165, 1.54) is 6.07 Å². The molecule has 1 aliphatic rings. The van der Waals surface area contributed by atoms with Gasteiger partial charge in [0.05, 0.1) is 13.2 Å². The summed E-state index contributed by atoms with van der Waals surface area (Å²) in [4.78, 5) is 2.33. The van der Waals surface area contributed by atoms with Crippen molar-refractivity contribution in [3.8, 4) is 0 Å². The summed E-state index contributed by atoms with van der Waals surface area (Å²) in [5.74, 6) is 0.0128. The third kappa shape index (κ3) is 3.28. The van der Waals surface area contributed by atoms with Crippen LogP contribution in [0.25, 0.3) is 0 Å².